The van der Waals surface area contributed by atoms with Crippen LogP contribution in [0.4, 0.5) is 0 Å². The number of rotatable bonds is 6. The second-order valence-electron chi connectivity index (χ2n) is 4.58. The number of ether oxygens (including phenoxy) is 1. The van der Waals surface area contributed by atoms with Crippen LogP contribution in [0.1, 0.15) is 18.1 Å². The number of hydrogen-bond donors (Lipinski definition) is 1. The van der Waals surface area contributed by atoms with E-state index in [4.69, 9.17) is 9.84 Å². The summed E-state index contributed by atoms with van der Waals surface area (Å²) in [6.07, 6.45) is 0. The molecular weight excluding hydrogens is 250 g/mol. The van der Waals surface area contributed by atoms with Crippen molar-refractivity contribution in [3.05, 3.63) is 29.3 Å². The number of benzene rings is 1. The van der Waals surface area contributed by atoms with Gasteiger partial charge in [-0.25, -0.2) is 0 Å². The fraction of sp³-hybridized carbons (Fsp3) is 0.571. The van der Waals surface area contributed by atoms with Crippen LogP contribution in [0.25, 0.3) is 0 Å². The van der Waals surface area contributed by atoms with Gasteiger partial charge < -0.3 is 9.84 Å². The molecule has 1 aromatic rings. The molecule has 0 heterocycles. The molecule has 18 heavy (non-hydrogen) atoms. The van der Waals surface area contributed by atoms with Crippen LogP contribution in [0, 0.1) is 13.8 Å². The minimum Gasteiger partial charge on any atom is -0.492 e. The van der Waals surface area contributed by atoms with Crippen molar-refractivity contribution >= 4 is 12.4 Å². The molecule has 0 amide bonds. The zero-order valence-corrected chi connectivity index (χ0v) is 12.5. The number of hydrogen-bond acceptors (Lipinski definition) is 3. The lowest BCUT2D eigenvalue weighted by Crippen LogP contribution is -2.35. The van der Waals surface area contributed by atoms with Crippen LogP contribution in [0.5, 0.6) is 5.75 Å². The average Bonchev–Trinajstić information content (AvgIpc) is 2.31. The molecule has 0 saturated carbocycles. The standard InChI is InChI=1S/C14H23NO2.ClH/c1-11-6-5-7-12(2)14(11)17-9-8-15(4)13(3)10-16;/h5-7,13,16H,8-10H2,1-4H3;1H. The van der Waals surface area contributed by atoms with Gasteiger partial charge in [-0.05, 0) is 38.9 Å². The first-order valence-electron chi connectivity index (χ1n) is 6.06. The van der Waals surface area contributed by atoms with Gasteiger partial charge in [0.25, 0.3) is 0 Å². The van der Waals surface area contributed by atoms with Gasteiger partial charge in [0.05, 0.1) is 6.61 Å². The predicted molar refractivity (Wildman–Crippen MR) is 77.8 cm³/mol. The van der Waals surface area contributed by atoms with Crippen LogP contribution >= 0.6 is 12.4 Å². The maximum absolute atomic E-state index is 9.03. The molecule has 1 unspecified atom stereocenters. The van der Waals surface area contributed by atoms with Gasteiger partial charge >= 0.3 is 0 Å². The Morgan fingerprint density at radius 3 is 2.33 bits per heavy atom. The van der Waals surface area contributed by atoms with Crippen molar-refractivity contribution in [2.75, 3.05) is 26.8 Å². The molecule has 0 fully saturated rings. The van der Waals surface area contributed by atoms with E-state index in [0.717, 1.165) is 12.3 Å². The highest BCUT2D eigenvalue weighted by molar-refractivity contribution is 5.85. The molecule has 3 nitrogen and oxygen atoms in total. The second kappa shape index (κ2) is 8.35. The van der Waals surface area contributed by atoms with E-state index in [9.17, 15) is 0 Å². The molecule has 1 N–H and O–H groups in total. The SMILES string of the molecule is Cc1cccc(C)c1OCCN(C)C(C)CO.Cl. The van der Waals surface area contributed by atoms with Crippen molar-refractivity contribution in [2.24, 2.45) is 0 Å². The van der Waals surface area contributed by atoms with Gasteiger partial charge in [-0.3, -0.25) is 4.90 Å². The van der Waals surface area contributed by atoms with E-state index < -0.39 is 0 Å². The van der Waals surface area contributed by atoms with Crippen molar-refractivity contribution < 1.29 is 9.84 Å². The van der Waals surface area contributed by atoms with Crippen molar-refractivity contribution in [1.82, 2.24) is 4.90 Å². The smallest absolute Gasteiger partial charge is 0.125 e. The fourth-order valence-electron chi connectivity index (χ4n) is 1.68. The van der Waals surface area contributed by atoms with Gasteiger partial charge in [0.1, 0.15) is 12.4 Å². The zero-order chi connectivity index (χ0) is 12.8. The Bertz CT molecular complexity index is 337. The molecule has 0 aliphatic rings. The lowest BCUT2D eigenvalue weighted by atomic mass is 10.1. The number of para-hydroxylation sites is 1. The summed E-state index contributed by atoms with van der Waals surface area (Å²) < 4.78 is 5.81. The minimum absolute atomic E-state index is 0. The van der Waals surface area contributed by atoms with Crippen LogP contribution in [0.3, 0.4) is 0 Å². The molecule has 0 bridgehead atoms. The summed E-state index contributed by atoms with van der Waals surface area (Å²) in [4.78, 5) is 2.09. The van der Waals surface area contributed by atoms with Crippen molar-refractivity contribution in [3.8, 4) is 5.75 Å². The van der Waals surface area contributed by atoms with Crippen LogP contribution in [-0.2, 0) is 0 Å². The van der Waals surface area contributed by atoms with Gasteiger partial charge in [0.15, 0.2) is 0 Å². The lowest BCUT2D eigenvalue weighted by Gasteiger charge is -2.23. The summed E-state index contributed by atoms with van der Waals surface area (Å²) in [7, 11) is 1.99. The fourth-order valence-corrected chi connectivity index (χ4v) is 1.68. The Labute approximate surface area is 116 Å². The maximum atomic E-state index is 9.03. The topological polar surface area (TPSA) is 32.7 Å². The summed E-state index contributed by atoms with van der Waals surface area (Å²) in [5.41, 5.74) is 2.34. The molecule has 0 aromatic heterocycles. The van der Waals surface area contributed by atoms with Gasteiger partial charge in [-0.1, -0.05) is 18.2 Å². The molecule has 104 valence electrons. The molecule has 1 rings (SSSR count). The molecule has 0 aliphatic carbocycles. The van der Waals surface area contributed by atoms with Crippen LogP contribution in [-0.4, -0.2) is 42.9 Å². The van der Waals surface area contributed by atoms with Gasteiger partial charge in [0.2, 0.25) is 0 Å². The molecule has 0 spiro atoms. The number of aryl methyl sites for hydroxylation is 2. The van der Waals surface area contributed by atoms with Crippen LogP contribution < -0.4 is 4.74 Å². The van der Waals surface area contributed by atoms with Crippen molar-refractivity contribution in [2.45, 2.75) is 26.8 Å². The quantitative estimate of drug-likeness (QED) is 0.864. The van der Waals surface area contributed by atoms with E-state index in [2.05, 4.69) is 30.9 Å². The second-order valence-corrected chi connectivity index (χ2v) is 4.58. The largest absolute Gasteiger partial charge is 0.492 e. The Kier molecular flexibility index (Phi) is 8.00. The van der Waals surface area contributed by atoms with Crippen LogP contribution in [0.15, 0.2) is 18.2 Å². The van der Waals surface area contributed by atoms with Gasteiger partial charge in [0, 0.05) is 12.6 Å². The first-order valence-corrected chi connectivity index (χ1v) is 6.06. The number of nitrogens with zero attached hydrogens (tertiary/aromatic N) is 1. The molecular formula is C14H24ClNO2. The molecule has 0 aliphatic heterocycles. The minimum atomic E-state index is 0. The van der Waals surface area contributed by atoms with Gasteiger partial charge in [-0.15, -0.1) is 12.4 Å². The molecule has 1 aromatic carbocycles. The molecule has 4 heteroatoms. The summed E-state index contributed by atoms with van der Waals surface area (Å²) >= 11 is 0. The Balaban J connectivity index is 0.00000289. The number of aliphatic hydroxyl groups is 1. The maximum Gasteiger partial charge on any atom is 0.125 e. The highest BCUT2D eigenvalue weighted by atomic mass is 35.5. The summed E-state index contributed by atoms with van der Waals surface area (Å²) in [6, 6.07) is 6.33. The third-order valence-electron chi connectivity index (χ3n) is 3.12. The highest BCUT2D eigenvalue weighted by Crippen LogP contribution is 2.22. The summed E-state index contributed by atoms with van der Waals surface area (Å²) in [6.45, 7) is 7.76. The Hall–Kier alpha value is -0.770. The zero-order valence-electron chi connectivity index (χ0n) is 11.6. The third-order valence-corrected chi connectivity index (χ3v) is 3.12. The molecule has 0 saturated heterocycles. The monoisotopic (exact) mass is 273 g/mol. The highest BCUT2D eigenvalue weighted by Gasteiger charge is 2.08. The van der Waals surface area contributed by atoms with Gasteiger partial charge in [-0.2, -0.15) is 0 Å². The molecule has 0 radical (unpaired) electrons. The van der Waals surface area contributed by atoms with E-state index in [-0.39, 0.29) is 25.1 Å². The van der Waals surface area contributed by atoms with Crippen LogP contribution in [0.2, 0.25) is 0 Å². The summed E-state index contributed by atoms with van der Waals surface area (Å²) in [5.74, 6) is 0.984. The van der Waals surface area contributed by atoms with E-state index in [0.29, 0.717) is 6.61 Å². The third kappa shape index (κ3) is 4.84. The van der Waals surface area contributed by atoms with E-state index in [1.54, 1.807) is 0 Å². The van der Waals surface area contributed by atoms with Crippen molar-refractivity contribution in [3.63, 3.8) is 0 Å². The summed E-state index contributed by atoms with van der Waals surface area (Å²) in [5, 5.41) is 9.03. The van der Waals surface area contributed by atoms with E-state index in [1.807, 2.05) is 20.0 Å². The first kappa shape index (κ1) is 17.2. The van der Waals surface area contributed by atoms with Crippen molar-refractivity contribution in [1.29, 1.82) is 0 Å². The van der Waals surface area contributed by atoms with E-state index >= 15 is 0 Å². The normalized spacial score (nSPS) is 12.1. The Morgan fingerprint density at radius 2 is 1.83 bits per heavy atom. The average molecular weight is 274 g/mol. The van der Waals surface area contributed by atoms with E-state index in [1.165, 1.54) is 11.1 Å². The first-order chi connectivity index (χ1) is 8.06. The number of halogens is 1. The Morgan fingerprint density at radius 1 is 1.28 bits per heavy atom. The predicted octanol–water partition coefficient (Wildman–Crippen LogP) is 2.42. The lowest BCUT2D eigenvalue weighted by molar-refractivity contribution is 0.139. The molecule has 1 atom stereocenters. The number of aliphatic hydroxyl groups excluding tert-OH is 1. The number of likely N-dealkylation sites (N-methyl/N-ethyl adjacent to an activating group) is 1.